The number of fused-ring (bicyclic) bond motifs is 1. The van der Waals surface area contributed by atoms with Crippen LogP contribution in [0.25, 0.3) is 0 Å². The molecule has 2 heterocycles. The van der Waals surface area contributed by atoms with Gasteiger partial charge in [0, 0.05) is 43.8 Å². The van der Waals surface area contributed by atoms with E-state index in [0.717, 1.165) is 66.2 Å². The van der Waals surface area contributed by atoms with Crippen LogP contribution in [0.4, 0.5) is 34.5 Å². The lowest BCUT2D eigenvalue weighted by atomic mass is 10.1. The average Bonchev–Trinajstić information content (AvgIpc) is 3.35. The van der Waals surface area contributed by atoms with Crippen LogP contribution in [-0.2, 0) is 17.6 Å². The summed E-state index contributed by atoms with van der Waals surface area (Å²) < 4.78 is 0.776. The summed E-state index contributed by atoms with van der Waals surface area (Å²) in [5, 5.41) is 9.65. The lowest BCUT2D eigenvalue weighted by Crippen LogP contribution is -2.44. The van der Waals surface area contributed by atoms with Gasteiger partial charge >= 0.3 is 0 Å². The molecule has 1 amide bonds. The summed E-state index contributed by atoms with van der Waals surface area (Å²) in [6.45, 7) is 7.33. The first kappa shape index (κ1) is 24.3. The number of benzene rings is 2. The van der Waals surface area contributed by atoms with E-state index in [1.54, 1.807) is 6.20 Å². The van der Waals surface area contributed by atoms with Crippen molar-refractivity contribution in [1.82, 2.24) is 14.9 Å². The van der Waals surface area contributed by atoms with Crippen molar-refractivity contribution in [2.45, 2.75) is 19.3 Å². The van der Waals surface area contributed by atoms with Gasteiger partial charge in [0.2, 0.25) is 11.9 Å². The fourth-order valence-corrected chi connectivity index (χ4v) is 4.94. The van der Waals surface area contributed by atoms with Crippen molar-refractivity contribution in [2.24, 2.45) is 0 Å². The number of aryl methyl sites for hydroxylation is 2. The molecule has 1 aliphatic heterocycles. The molecule has 0 saturated carbocycles. The molecular formula is C27H30BrN7O. The average molecular weight is 548 g/mol. The van der Waals surface area contributed by atoms with Crippen LogP contribution in [0.15, 0.2) is 59.7 Å². The summed E-state index contributed by atoms with van der Waals surface area (Å²) in [7, 11) is 2.12. The summed E-state index contributed by atoms with van der Waals surface area (Å²) >= 11 is 3.56. The van der Waals surface area contributed by atoms with Gasteiger partial charge in [0.1, 0.15) is 5.82 Å². The highest BCUT2D eigenvalue weighted by atomic mass is 79.9. The van der Waals surface area contributed by atoms with Gasteiger partial charge in [0.25, 0.3) is 0 Å². The lowest BCUT2D eigenvalue weighted by molar-refractivity contribution is -0.111. The first-order valence-electron chi connectivity index (χ1n) is 12.2. The smallest absolute Gasteiger partial charge is 0.247 e. The van der Waals surface area contributed by atoms with Gasteiger partial charge in [-0.15, -0.1) is 0 Å². The zero-order valence-electron chi connectivity index (χ0n) is 20.4. The largest absolute Gasteiger partial charge is 0.367 e. The summed E-state index contributed by atoms with van der Waals surface area (Å²) in [5.74, 6) is 0.887. The van der Waals surface area contributed by atoms with Crippen LogP contribution in [0, 0.1) is 0 Å². The molecule has 1 aliphatic carbocycles. The van der Waals surface area contributed by atoms with Crippen LogP contribution in [-0.4, -0.2) is 54.0 Å². The number of nitrogens with zero attached hydrogens (tertiary/aromatic N) is 4. The third kappa shape index (κ3) is 5.52. The summed E-state index contributed by atoms with van der Waals surface area (Å²) in [4.78, 5) is 25.9. The SMILES string of the molecule is C=CC(=O)Nc1cc(Nc2ncc(Br)c(Nc3ccc4c(c3)CCC4)n2)ccc1N1CCN(C)CC1. The van der Waals surface area contributed by atoms with Crippen molar-refractivity contribution >= 4 is 56.4 Å². The van der Waals surface area contributed by atoms with E-state index in [0.29, 0.717) is 11.8 Å². The number of nitrogens with one attached hydrogen (secondary N) is 3. The Labute approximate surface area is 219 Å². The van der Waals surface area contributed by atoms with E-state index in [-0.39, 0.29) is 5.91 Å². The van der Waals surface area contributed by atoms with Crippen LogP contribution >= 0.6 is 15.9 Å². The number of carbonyl (C=O) groups excluding carboxylic acids is 1. The van der Waals surface area contributed by atoms with E-state index in [1.807, 2.05) is 18.2 Å². The molecule has 3 N–H and O–H groups in total. The summed E-state index contributed by atoms with van der Waals surface area (Å²) in [5.41, 5.74) is 6.33. The number of aromatic nitrogens is 2. The third-order valence-corrected chi connectivity index (χ3v) is 7.23. The quantitative estimate of drug-likeness (QED) is 0.355. The molecule has 1 fully saturated rings. The van der Waals surface area contributed by atoms with Gasteiger partial charge in [-0.3, -0.25) is 4.79 Å². The number of rotatable bonds is 7. The Balaban J connectivity index is 1.37. The topological polar surface area (TPSA) is 85.4 Å². The fraction of sp³-hybridized carbons (Fsp3) is 0.296. The summed E-state index contributed by atoms with van der Waals surface area (Å²) in [6.07, 6.45) is 6.50. The molecule has 1 aromatic heterocycles. The molecule has 2 aliphatic rings. The van der Waals surface area contributed by atoms with E-state index >= 15 is 0 Å². The highest BCUT2D eigenvalue weighted by Gasteiger charge is 2.19. The molecule has 0 spiro atoms. The van der Waals surface area contributed by atoms with Crippen LogP contribution in [0.5, 0.6) is 0 Å². The van der Waals surface area contributed by atoms with E-state index in [1.165, 1.54) is 23.6 Å². The number of anilines is 6. The number of hydrogen-bond donors (Lipinski definition) is 3. The Morgan fingerprint density at radius 3 is 2.58 bits per heavy atom. The van der Waals surface area contributed by atoms with Crippen LogP contribution in [0.1, 0.15) is 17.5 Å². The van der Waals surface area contributed by atoms with Gasteiger partial charge in [0.05, 0.1) is 15.8 Å². The third-order valence-electron chi connectivity index (χ3n) is 6.65. The maximum absolute atomic E-state index is 12.1. The molecule has 2 aromatic carbocycles. The number of piperazine rings is 1. The minimum Gasteiger partial charge on any atom is -0.367 e. The van der Waals surface area contributed by atoms with Crippen molar-refractivity contribution in [1.29, 1.82) is 0 Å². The van der Waals surface area contributed by atoms with Crippen molar-refractivity contribution < 1.29 is 4.79 Å². The lowest BCUT2D eigenvalue weighted by Gasteiger charge is -2.35. The molecule has 0 radical (unpaired) electrons. The fourth-order valence-electron chi connectivity index (χ4n) is 4.65. The van der Waals surface area contributed by atoms with Gasteiger partial charge < -0.3 is 25.8 Å². The van der Waals surface area contributed by atoms with E-state index < -0.39 is 0 Å². The first-order chi connectivity index (χ1) is 17.5. The number of likely N-dealkylation sites (N-methyl/N-ethyl adjacent to an activating group) is 1. The Kier molecular flexibility index (Phi) is 7.20. The first-order valence-corrected chi connectivity index (χ1v) is 13.0. The molecule has 186 valence electrons. The van der Waals surface area contributed by atoms with Gasteiger partial charge in [-0.2, -0.15) is 4.98 Å². The zero-order chi connectivity index (χ0) is 25.1. The van der Waals surface area contributed by atoms with Crippen molar-refractivity contribution in [2.75, 3.05) is 54.1 Å². The summed E-state index contributed by atoms with van der Waals surface area (Å²) in [6, 6.07) is 12.4. The normalized spacial score (nSPS) is 15.3. The van der Waals surface area contributed by atoms with Crippen LogP contribution < -0.4 is 20.9 Å². The van der Waals surface area contributed by atoms with Crippen molar-refractivity contribution in [3.63, 3.8) is 0 Å². The predicted molar refractivity (Wildman–Crippen MR) is 150 cm³/mol. The number of halogens is 1. The second kappa shape index (κ2) is 10.7. The number of carbonyl (C=O) groups is 1. The molecular weight excluding hydrogens is 518 g/mol. The maximum atomic E-state index is 12.1. The monoisotopic (exact) mass is 547 g/mol. The highest BCUT2D eigenvalue weighted by molar-refractivity contribution is 9.10. The second-order valence-corrected chi connectivity index (χ2v) is 10.0. The van der Waals surface area contributed by atoms with Gasteiger partial charge in [0.15, 0.2) is 0 Å². The second-order valence-electron chi connectivity index (χ2n) is 9.19. The Morgan fingerprint density at radius 1 is 1.03 bits per heavy atom. The van der Waals surface area contributed by atoms with E-state index in [2.05, 4.69) is 83.5 Å². The molecule has 0 bridgehead atoms. The minimum atomic E-state index is -0.247. The van der Waals surface area contributed by atoms with Gasteiger partial charge in [-0.1, -0.05) is 12.6 Å². The molecule has 8 nitrogen and oxygen atoms in total. The molecule has 0 unspecified atom stereocenters. The van der Waals surface area contributed by atoms with Crippen molar-refractivity contribution in [3.8, 4) is 0 Å². The molecule has 36 heavy (non-hydrogen) atoms. The van der Waals surface area contributed by atoms with E-state index in [9.17, 15) is 4.79 Å². The number of hydrogen-bond acceptors (Lipinski definition) is 7. The van der Waals surface area contributed by atoms with Gasteiger partial charge in [-0.25, -0.2) is 4.98 Å². The van der Waals surface area contributed by atoms with Crippen LogP contribution in [0.3, 0.4) is 0 Å². The Morgan fingerprint density at radius 2 is 1.78 bits per heavy atom. The molecule has 0 atom stereocenters. The maximum Gasteiger partial charge on any atom is 0.247 e. The molecule has 3 aromatic rings. The predicted octanol–water partition coefficient (Wildman–Crippen LogP) is 5.09. The molecule has 5 rings (SSSR count). The molecule has 1 saturated heterocycles. The minimum absolute atomic E-state index is 0.247. The highest BCUT2D eigenvalue weighted by Crippen LogP contribution is 2.32. The Hall–Kier alpha value is -3.43. The zero-order valence-corrected chi connectivity index (χ0v) is 21.9. The standard InChI is InChI=1S/C27H30BrN7O/c1-3-25(36)32-23-16-21(9-10-24(23)35-13-11-34(2)12-14-35)31-27-29-17-22(28)26(33-27)30-20-8-7-18-5-4-6-19(18)15-20/h3,7-10,15-17H,1,4-6,11-14H2,2H3,(H,32,36)(H2,29,30,31,33). The molecule has 9 heteroatoms. The van der Waals surface area contributed by atoms with E-state index in [4.69, 9.17) is 0 Å². The van der Waals surface area contributed by atoms with Gasteiger partial charge in [-0.05, 0) is 89.8 Å². The Bertz CT molecular complexity index is 1290. The van der Waals surface area contributed by atoms with Crippen LogP contribution in [0.2, 0.25) is 0 Å². The van der Waals surface area contributed by atoms with Crippen molar-refractivity contribution in [3.05, 3.63) is 70.8 Å². The number of amides is 1.